The van der Waals surface area contributed by atoms with Crippen LogP contribution in [0.15, 0.2) is 6.20 Å². The van der Waals surface area contributed by atoms with Crippen LogP contribution in [0.4, 0.5) is 4.79 Å². The van der Waals surface area contributed by atoms with Crippen LogP contribution >= 0.6 is 23.2 Å². The van der Waals surface area contributed by atoms with Gasteiger partial charge in [-0.1, -0.05) is 11.6 Å². The van der Waals surface area contributed by atoms with Crippen molar-refractivity contribution in [3.63, 3.8) is 0 Å². The predicted molar refractivity (Wildman–Crippen MR) is 92.2 cm³/mol. The van der Waals surface area contributed by atoms with Crippen LogP contribution in [-0.4, -0.2) is 46.3 Å². The molecule has 8 heteroatoms. The summed E-state index contributed by atoms with van der Waals surface area (Å²) in [5.74, 6) is 0.413. The average Bonchev–Trinajstić information content (AvgIpc) is 2.48. The van der Waals surface area contributed by atoms with Crippen molar-refractivity contribution >= 4 is 29.3 Å². The van der Waals surface area contributed by atoms with Crippen molar-refractivity contribution in [1.82, 2.24) is 14.9 Å². The van der Waals surface area contributed by atoms with Gasteiger partial charge in [-0.25, -0.2) is 14.8 Å². The van der Waals surface area contributed by atoms with Gasteiger partial charge in [0.1, 0.15) is 10.8 Å². The molecule has 0 aliphatic carbocycles. The Kier molecular flexibility index (Phi) is 6.66. The fourth-order valence-corrected chi connectivity index (χ4v) is 2.77. The van der Waals surface area contributed by atoms with E-state index in [1.165, 1.54) is 0 Å². The average molecular weight is 376 g/mol. The number of carbonyl (C=O) groups is 1. The first kappa shape index (κ1) is 19.2. The molecule has 6 nitrogen and oxygen atoms in total. The van der Waals surface area contributed by atoms with Gasteiger partial charge in [0.05, 0.1) is 6.61 Å². The van der Waals surface area contributed by atoms with E-state index in [-0.39, 0.29) is 11.4 Å². The molecule has 134 valence electrons. The molecule has 2 rings (SSSR count). The van der Waals surface area contributed by atoms with Crippen LogP contribution < -0.4 is 0 Å². The summed E-state index contributed by atoms with van der Waals surface area (Å²) in [6.45, 7) is 7.95. The smallest absolute Gasteiger partial charge is 0.410 e. The van der Waals surface area contributed by atoms with Crippen LogP contribution in [0.5, 0.6) is 0 Å². The monoisotopic (exact) mass is 375 g/mol. The number of amides is 1. The van der Waals surface area contributed by atoms with Crippen molar-refractivity contribution in [2.75, 3.05) is 19.7 Å². The van der Waals surface area contributed by atoms with E-state index < -0.39 is 5.60 Å². The summed E-state index contributed by atoms with van der Waals surface area (Å²) in [4.78, 5) is 21.5. The van der Waals surface area contributed by atoms with Gasteiger partial charge in [-0.05, 0) is 51.1 Å². The minimum atomic E-state index is -0.461. The van der Waals surface area contributed by atoms with Crippen molar-refractivity contribution in [2.45, 2.75) is 45.8 Å². The number of hydrogen-bond acceptors (Lipinski definition) is 5. The molecule has 0 atom stereocenters. The second kappa shape index (κ2) is 8.32. The molecule has 1 aliphatic heterocycles. The Hall–Kier alpha value is -1.11. The first-order valence-electron chi connectivity index (χ1n) is 7.97. The second-order valence-corrected chi connectivity index (χ2v) is 7.58. The molecule has 1 aromatic rings. The molecule has 0 saturated carbocycles. The van der Waals surface area contributed by atoms with Crippen LogP contribution in [0.1, 0.15) is 39.2 Å². The van der Waals surface area contributed by atoms with E-state index in [0.717, 1.165) is 12.8 Å². The minimum Gasteiger partial charge on any atom is -0.444 e. The molecule has 0 N–H and O–H groups in total. The lowest BCUT2D eigenvalue weighted by Gasteiger charge is -2.33. The maximum Gasteiger partial charge on any atom is 0.410 e. The maximum absolute atomic E-state index is 12.0. The number of aromatic nitrogens is 2. The van der Waals surface area contributed by atoms with Crippen molar-refractivity contribution in [3.05, 3.63) is 22.2 Å². The molecule has 0 spiro atoms. The Bertz CT molecular complexity index is 570. The highest BCUT2D eigenvalue weighted by Gasteiger charge is 2.26. The van der Waals surface area contributed by atoms with Gasteiger partial charge in [-0.15, -0.1) is 0 Å². The van der Waals surface area contributed by atoms with E-state index in [2.05, 4.69) is 9.97 Å². The summed E-state index contributed by atoms with van der Waals surface area (Å²) in [6.07, 6.45) is 3.11. The molecule has 0 radical (unpaired) electrons. The summed E-state index contributed by atoms with van der Waals surface area (Å²) in [6, 6.07) is 0. The molecule has 1 fully saturated rings. The number of likely N-dealkylation sites (tertiary alicyclic amines) is 1. The van der Waals surface area contributed by atoms with E-state index in [9.17, 15) is 4.79 Å². The van der Waals surface area contributed by atoms with Gasteiger partial charge in [0.25, 0.3) is 0 Å². The summed E-state index contributed by atoms with van der Waals surface area (Å²) in [5, 5.41) is 0.438. The Morgan fingerprint density at radius 2 is 2.00 bits per heavy atom. The largest absolute Gasteiger partial charge is 0.444 e. The highest BCUT2D eigenvalue weighted by Crippen LogP contribution is 2.21. The van der Waals surface area contributed by atoms with Crippen LogP contribution in [0.3, 0.4) is 0 Å². The lowest BCUT2D eigenvalue weighted by Crippen LogP contribution is -2.42. The fraction of sp³-hybridized carbons (Fsp3) is 0.688. The summed E-state index contributed by atoms with van der Waals surface area (Å²) in [5.41, 5.74) is 0.254. The number of ether oxygens (including phenoxy) is 2. The Morgan fingerprint density at radius 1 is 1.33 bits per heavy atom. The molecular formula is C16H23Cl2N3O3. The first-order chi connectivity index (χ1) is 11.2. The number of rotatable bonds is 4. The zero-order chi connectivity index (χ0) is 17.7. The highest BCUT2D eigenvalue weighted by molar-refractivity contribution is 6.32. The SMILES string of the molecule is CC(C)(C)OC(=O)N1CCC(COCc2cnc(Cl)nc2Cl)CC1. The quantitative estimate of drug-likeness (QED) is 0.588. The number of hydrogen-bond donors (Lipinski definition) is 0. The summed E-state index contributed by atoms with van der Waals surface area (Å²) in [7, 11) is 0. The lowest BCUT2D eigenvalue weighted by molar-refractivity contribution is 0.0105. The summed E-state index contributed by atoms with van der Waals surface area (Å²) >= 11 is 11.6. The Balaban J connectivity index is 1.70. The molecular weight excluding hydrogens is 353 g/mol. The fourth-order valence-electron chi connectivity index (χ4n) is 2.41. The van der Waals surface area contributed by atoms with Gasteiger partial charge in [-0.2, -0.15) is 0 Å². The molecule has 0 bridgehead atoms. The number of carbonyl (C=O) groups excluding carboxylic acids is 1. The molecule has 1 aliphatic rings. The molecule has 0 aromatic carbocycles. The molecule has 1 amide bonds. The topological polar surface area (TPSA) is 64.5 Å². The van der Waals surface area contributed by atoms with E-state index in [0.29, 0.717) is 42.9 Å². The number of nitrogens with zero attached hydrogens (tertiary/aromatic N) is 3. The Labute approximate surface area is 152 Å². The second-order valence-electron chi connectivity index (χ2n) is 6.88. The van der Waals surface area contributed by atoms with Crippen molar-refractivity contribution in [3.8, 4) is 0 Å². The van der Waals surface area contributed by atoms with E-state index in [4.69, 9.17) is 32.7 Å². The lowest BCUT2D eigenvalue weighted by atomic mass is 9.98. The number of piperidine rings is 1. The Morgan fingerprint density at radius 3 is 2.58 bits per heavy atom. The van der Waals surface area contributed by atoms with Crippen molar-refractivity contribution in [2.24, 2.45) is 5.92 Å². The van der Waals surface area contributed by atoms with Crippen LogP contribution in [0.2, 0.25) is 10.4 Å². The van der Waals surface area contributed by atoms with Crippen molar-refractivity contribution in [1.29, 1.82) is 0 Å². The third-order valence-electron chi connectivity index (χ3n) is 3.66. The van der Waals surface area contributed by atoms with Gasteiger partial charge >= 0.3 is 6.09 Å². The molecule has 2 heterocycles. The third-order valence-corrected chi connectivity index (χ3v) is 4.17. The molecule has 1 aromatic heterocycles. The van der Waals surface area contributed by atoms with E-state index >= 15 is 0 Å². The molecule has 24 heavy (non-hydrogen) atoms. The van der Waals surface area contributed by atoms with Crippen molar-refractivity contribution < 1.29 is 14.3 Å². The van der Waals surface area contributed by atoms with E-state index in [1.54, 1.807) is 11.1 Å². The van der Waals surface area contributed by atoms with E-state index in [1.807, 2.05) is 20.8 Å². The normalized spacial score (nSPS) is 16.3. The highest BCUT2D eigenvalue weighted by atomic mass is 35.5. The zero-order valence-corrected chi connectivity index (χ0v) is 15.7. The molecule has 0 unspecified atom stereocenters. The number of halogens is 2. The van der Waals surface area contributed by atoms with Crippen LogP contribution in [0, 0.1) is 5.92 Å². The van der Waals surface area contributed by atoms with Crippen LogP contribution in [0.25, 0.3) is 0 Å². The first-order valence-corrected chi connectivity index (χ1v) is 8.73. The van der Waals surface area contributed by atoms with Gasteiger partial charge in [0, 0.05) is 31.5 Å². The van der Waals surface area contributed by atoms with Gasteiger partial charge in [0.2, 0.25) is 5.28 Å². The maximum atomic E-state index is 12.0. The summed E-state index contributed by atoms with van der Waals surface area (Å²) < 4.78 is 11.1. The standard InChI is InChI=1S/C16H23Cl2N3O3/c1-16(2,3)24-15(22)21-6-4-11(5-7-21)9-23-10-12-8-19-14(18)20-13(12)17/h8,11H,4-7,9-10H2,1-3H3. The molecule has 1 saturated heterocycles. The predicted octanol–water partition coefficient (Wildman–Crippen LogP) is 3.95. The minimum absolute atomic E-state index is 0.123. The van der Waals surface area contributed by atoms with Gasteiger partial charge in [0.15, 0.2) is 0 Å². The zero-order valence-electron chi connectivity index (χ0n) is 14.2. The van der Waals surface area contributed by atoms with Crippen LogP contribution in [-0.2, 0) is 16.1 Å². The van der Waals surface area contributed by atoms with Gasteiger partial charge < -0.3 is 14.4 Å². The third kappa shape index (κ3) is 6.07. The van der Waals surface area contributed by atoms with Gasteiger partial charge in [-0.3, -0.25) is 0 Å².